The summed E-state index contributed by atoms with van der Waals surface area (Å²) in [5.74, 6) is 0.590. The number of hydrogen-bond acceptors (Lipinski definition) is 4. The van der Waals surface area contributed by atoms with Gasteiger partial charge in [-0.05, 0) is 51.0 Å². The summed E-state index contributed by atoms with van der Waals surface area (Å²) in [4.78, 5) is 17.3. The smallest absolute Gasteiger partial charge is 0.256 e. The second-order valence-electron chi connectivity index (χ2n) is 6.23. The van der Waals surface area contributed by atoms with Gasteiger partial charge < -0.3 is 14.8 Å². The van der Waals surface area contributed by atoms with Gasteiger partial charge in [0.1, 0.15) is 16.9 Å². The van der Waals surface area contributed by atoms with Gasteiger partial charge in [-0.3, -0.25) is 9.78 Å². The summed E-state index contributed by atoms with van der Waals surface area (Å²) >= 11 is 0. The lowest BCUT2D eigenvalue weighted by atomic mass is 9.98. The van der Waals surface area contributed by atoms with Crippen LogP contribution in [0.2, 0.25) is 0 Å². The largest absolute Gasteiger partial charge is 0.492 e. The molecule has 2 rings (SSSR count). The van der Waals surface area contributed by atoms with Gasteiger partial charge in [-0.25, -0.2) is 0 Å². The molecule has 1 heterocycles. The molecule has 1 atom stereocenters. The Hall–Kier alpha value is -2.14. The zero-order valence-corrected chi connectivity index (χ0v) is 15.6. The Morgan fingerprint density at radius 1 is 1.20 bits per heavy atom. The maximum absolute atomic E-state index is 12.9. The normalized spacial score (nSPS) is 13.4. The van der Waals surface area contributed by atoms with Crippen molar-refractivity contribution in [1.29, 1.82) is 0 Å². The van der Waals surface area contributed by atoms with E-state index in [4.69, 9.17) is 9.47 Å². The van der Waals surface area contributed by atoms with Crippen molar-refractivity contribution in [2.24, 2.45) is 0 Å². The predicted octanol–water partition coefficient (Wildman–Crippen LogP) is 4.56. The molecule has 136 valence electrons. The fourth-order valence-corrected chi connectivity index (χ4v) is 2.84. The highest BCUT2D eigenvalue weighted by molar-refractivity contribution is 6.05. The monoisotopic (exact) mass is 344 g/mol. The molecule has 0 radical (unpaired) electrons. The van der Waals surface area contributed by atoms with Crippen LogP contribution < -0.4 is 10.1 Å². The third-order valence-corrected chi connectivity index (χ3v) is 4.11. The molecule has 5 nitrogen and oxygen atoms in total. The molecule has 1 N–H and O–H groups in total. The van der Waals surface area contributed by atoms with E-state index in [-0.39, 0.29) is 5.91 Å². The maximum Gasteiger partial charge on any atom is 0.256 e. The third kappa shape index (κ3) is 4.48. The molecule has 1 aromatic heterocycles. The van der Waals surface area contributed by atoms with Gasteiger partial charge in [0, 0.05) is 18.2 Å². The van der Waals surface area contributed by atoms with Crippen molar-refractivity contribution in [3.05, 3.63) is 30.5 Å². The second-order valence-corrected chi connectivity index (χ2v) is 6.23. The molecular weight excluding hydrogens is 316 g/mol. The molecule has 0 saturated heterocycles. The summed E-state index contributed by atoms with van der Waals surface area (Å²) in [6.07, 6.45) is 4.15. The van der Waals surface area contributed by atoms with Crippen LogP contribution in [0, 0.1) is 0 Å². The number of anilines is 1. The molecule has 0 aliphatic heterocycles. The van der Waals surface area contributed by atoms with Crippen LogP contribution in [0.1, 0.15) is 47.0 Å². The molecule has 1 amide bonds. The van der Waals surface area contributed by atoms with Crippen molar-refractivity contribution in [3.8, 4) is 5.75 Å². The van der Waals surface area contributed by atoms with Gasteiger partial charge in [-0.2, -0.15) is 0 Å². The molecule has 0 fully saturated rings. The fourth-order valence-electron chi connectivity index (χ4n) is 2.84. The first-order valence-corrected chi connectivity index (χ1v) is 9.01. The van der Waals surface area contributed by atoms with E-state index in [9.17, 15) is 4.79 Å². The highest BCUT2D eigenvalue weighted by Gasteiger charge is 2.33. The van der Waals surface area contributed by atoms with Crippen LogP contribution in [-0.2, 0) is 9.53 Å². The van der Waals surface area contributed by atoms with E-state index in [1.807, 2.05) is 45.0 Å². The molecule has 0 bridgehead atoms. The van der Waals surface area contributed by atoms with Crippen LogP contribution >= 0.6 is 0 Å². The standard InChI is InChI=1S/C20H28N2O3/c1-5-12-20(4,25-14-6-2)19(23)22-16-10-11-17(24-7-3)18-15(16)9-8-13-21-18/h8-11,13H,5-7,12,14H2,1-4H3,(H,22,23). The molecule has 1 unspecified atom stereocenters. The number of aromatic nitrogens is 1. The maximum atomic E-state index is 12.9. The lowest BCUT2D eigenvalue weighted by molar-refractivity contribution is -0.140. The SMILES string of the molecule is CCCOC(C)(CCC)C(=O)Nc1ccc(OCC)c2ncccc12. The van der Waals surface area contributed by atoms with E-state index in [1.165, 1.54) is 0 Å². The zero-order chi connectivity index (χ0) is 18.3. The zero-order valence-electron chi connectivity index (χ0n) is 15.6. The van der Waals surface area contributed by atoms with Gasteiger partial charge in [0.2, 0.25) is 0 Å². The van der Waals surface area contributed by atoms with E-state index >= 15 is 0 Å². The molecule has 1 aromatic carbocycles. The van der Waals surface area contributed by atoms with Crippen molar-refractivity contribution in [3.63, 3.8) is 0 Å². The first-order chi connectivity index (χ1) is 12.1. The minimum absolute atomic E-state index is 0.128. The number of benzene rings is 1. The summed E-state index contributed by atoms with van der Waals surface area (Å²) in [6, 6.07) is 7.49. The molecule has 0 aliphatic carbocycles. The average molecular weight is 344 g/mol. The van der Waals surface area contributed by atoms with E-state index in [0.29, 0.717) is 19.6 Å². The Morgan fingerprint density at radius 2 is 2.00 bits per heavy atom. The minimum Gasteiger partial charge on any atom is -0.492 e. The van der Waals surface area contributed by atoms with Crippen molar-refractivity contribution in [2.45, 2.75) is 52.6 Å². The Labute approximate surface area is 149 Å². The topological polar surface area (TPSA) is 60.5 Å². The van der Waals surface area contributed by atoms with Crippen LogP contribution in [0.25, 0.3) is 10.9 Å². The number of rotatable bonds is 9. The van der Waals surface area contributed by atoms with E-state index in [0.717, 1.165) is 35.2 Å². The quantitative estimate of drug-likeness (QED) is 0.724. The lowest BCUT2D eigenvalue weighted by Crippen LogP contribution is -2.43. The highest BCUT2D eigenvalue weighted by Crippen LogP contribution is 2.31. The Morgan fingerprint density at radius 3 is 2.68 bits per heavy atom. The van der Waals surface area contributed by atoms with Gasteiger partial charge in [-0.15, -0.1) is 0 Å². The summed E-state index contributed by atoms with van der Waals surface area (Å²) < 4.78 is 11.5. The van der Waals surface area contributed by atoms with E-state index in [1.54, 1.807) is 6.20 Å². The molecule has 25 heavy (non-hydrogen) atoms. The summed E-state index contributed by atoms with van der Waals surface area (Å²) in [5, 5.41) is 3.89. The number of nitrogens with one attached hydrogen (secondary N) is 1. The molecule has 0 spiro atoms. The van der Waals surface area contributed by atoms with Crippen molar-refractivity contribution < 1.29 is 14.3 Å². The highest BCUT2D eigenvalue weighted by atomic mass is 16.5. The number of nitrogens with zero attached hydrogens (tertiary/aromatic N) is 1. The minimum atomic E-state index is -0.835. The number of carbonyl (C=O) groups is 1. The van der Waals surface area contributed by atoms with Crippen molar-refractivity contribution in [1.82, 2.24) is 4.98 Å². The number of amides is 1. The van der Waals surface area contributed by atoms with Crippen LogP contribution in [-0.4, -0.2) is 29.7 Å². The van der Waals surface area contributed by atoms with E-state index in [2.05, 4.69) is 17.2 Å². The Kier molecular flexibility index (Phi) is 6.76. The molecule has 0 saturated carbocycles. The first kappa shape index (κ1) is 19.2. The number of hydrogen-bond donors (Lipinski definition) is 1. The van der Waals surface area contributed by atoms with Gasteiger partial charge in [0.05, 0.1) is 12.3 Å². The predicted molar refractivity (Wildman–Crippen MR) is 101 cm³/mol. The third-order valence-electron chi connectivity index (χ3n) is 4.11. The van der Waals surface area contributed by atoms with Crippen molar-refractivity contribution in [2.75, 3.05) is 18.5 Å². The summed E-state index contributed by atoms with van der Waals surface area (Å²) in [5.41, 5.74) is 0.630. The molecule has 0 aliphatic rings. The van der Waals surface area contributed by atoms with E-state index < -0.39 is 5.60 Å². The molecule has 5 heteroatoms. The average Bonchev–Trinajstić information content (AvgIpc) is 2.62. The Bertz CT molecular complexity index is 717. The van der Waals surface area contributed by atoms with Crippen LogP contribution in [0.5, 0.6) is 5.75 Å². The first-order valence-electron chi connectivity index (χ1n) is 9.01. The van der Waals surface area contributed by atoms with Crippen LogP contribution in [0.3, 0.4) is 0 Å². The van der Waals surface area contributed by atoms with Gasteiger partial charge in [0.25, 0.3) is 5.91 Å². The van der Waals surface area contributed by atoms with Crippen LogP contribution in [0.15, 0.2) is 30.5 Å². The Balaban J connectivity index is 2.32. The fraction of sp³-hybridized carbons (Fsp3) is 0.500. The van der Waals surface area contributed by atoms with Gasteiger partial charge in [-0.1, -0.05) is 20.3 Å². The van der Waals surface area contributed by atoms with Gasteiger partial charge >= 0.3 is 0 Å². The molecule has 2 aromatic rings. The second kappa shape index (κ2) is 8.81. The van der Waals surface area contributed by atoms with Crippen LogP contribution in [0.4, 0.5) is 5.69 Å². The number of ether oxygens (including phenoxy) is 2. The lowest BCUT2D eigenvalue weighted by Gasteiger charge is -2.28. The number of fused-ring (bicyclic) bond motifs is 1. The summed E-state index contributed by atoms with van der Waals surface area (Å²) in [6.45, 7) is 9.02. The van der Waals surface area contributed by atoms with Crippen molar-refractivity contribution >= 4 is 22.5 Å². The number of carbonyl (C=O) groups excluding carboxylic acids is 1. The van der Waals surface area contributed by atoms with Gasteiger partial charge in [0.15, 0.2) is 0 Å². The molecular formula is C20H28N2O3. The number of pyridine rings is 1. The summed E-state index contributed by atoms with van der Waals surface area (Å²) in [7, 11) is 0.